The predicted molar refractivity (Wildman–Crippen MR) is 167 cm³/mol. The Balaban J connectivity index is 1.54. The summed E-state index contributed by atoms with van der Waals surface area (Å²) in [5.41, 5.74) is 3.33. The van der Waals surface area contributed by atoms with Crippen molar-refractivity contribution >= 4 is 28.9 Å². The van der Waals surface area contributed by atoms with E-state index in [2.05, 4.69) is 31.4 Å². The first-order chi connectivity index (χ1) is 20.3. The van der Waals surface area contributed by atoms with E-state index in [1.54, 1.807) is 31.4 Å². The van der Waals surface area contributed by atoms with Gasteiger partial charge in [0.15, 0.2) is 0 Å². The van der Waals surface area contributed by atoms with E-state index in [0.717, 1.165) is 56.3 Å². The van der Waals surface area contributed by atoms with Crippen LogP contribution in [0.3, 0.4) is 0 Å². The average molecular weight is 576 g/mol. The molecule has 2 amide bonds. The zero-order chi connectivity index (χ0) is 30.1. The van der Waals surface area contributed by atoms with Crippen LogP contribution in [0.1, 0.15) is 27.1 Å². The Morgan fingerprint density at radius 3 is 2.05 bits per heavy atom. The molecule has 2 N–H and O–H groups in total. The maximum atomic E-state index is 13.5. The maximum absolute atomic E-state index is 13.5. The number of carbonyl (C=O) groups excluding carboxylic acids is 2. The Morgan fingerprint density at radius 2 is 1.43 bits per heavy atom. The van der Waals surface area contributed by atoms with Gasteiger partial charge in [0.05, 0.1) is 32.6 Å². The molecule has 0 saturated carbocycles. The van der Waals surface area contributed by atoms with E-state index in [4.69, 9.17) is 14.2 Å². The van der Waals surface area contributed by atoms with E-state index in [0.29, 0.717) is 34.9 Å². The number of hydrogen-bond acceptors (Lipinski definition) is 8. The van der Waals surface area contributed by atoms with E-state index >= 15 is 0 Å². The van der Waals surface area contributed by atoms with Gasteiger partial charge < -0.3 is 39.5 Å². The van der Waals surface area contributed by atoms with Crippen LogP contribution in [-0.2, 0) is 0 Å². The monoisotopic (exact) mass is 575 g/mol. The van der Waals surface area contributed by atoms with Crippen molar-refractivity contribution in [3.8, 4) is 17.2 Å². The first kappa shape index (κ1) is 30.5. The lowest BCUT2D eigenvalue weighted by Crippen LogP contribution is -2.47. The van der Waals surface area contributed by atoms with Crippen LogP contribution in [0, 0.1) is 0 Å². The molecule has 1 fully saturated rings. The van der Waals surface area contributed by atoms with E-state index in [1.807, 2.05) is 44.4 Å². The summed E-state index contributed by atoms with van der Waals surface area (Å²) in [6, 6.07) is 18.5. The fourth-order valence-electron chi connectivity index (χ4n) is 4.98. The summed E-state index contributed by atoms with van der Waals surface area (Å²) in [7, 11) is 8.77. The Morgan fingerprint density at radius 1 is 0.786 bits per heavy atom. The molecule has 0 bridgehead atoms. The van der Waals surface area contributed by atoms with Gasteiger partial charge in [0, 0.05) is 55.7 Å². The number of nitrogens with zero attached hydrogens (tertiary/aromatic N) is 3. The molecular formula is C32H41N5O5. The van der Waals surface area contributed by atoms with Crippen molar-refractivity contribution in [2.45, 2.75) is 6.42 Å². The number of benzene rings is 3. The third-order valence-corrected chi connectivity index (χ3v) is 7.23. The average Bonchev–Trinajstić information content (AvgIpc) is 3.02. The van der Waals surface area contributed by atoms with Gasteiger partial charge in [0.25, 0.3) is 11.8 Å². The highest BCUT2D eigenvalue weighted by atomic mass is 16.5. The highest BCUT2D eigenvalue weighted by Crippen LogP contribution is 2.31. The lowest BCUT2D eigenvalue weighted by Gasteiger charge is -2.38. The molecule has 1 heterocycles. The number of rotatable bonds is 12. The second-order valence-electron chi connectivity index (χ2n) is 10.3. The molecule has 4 rings (SSSR count). The molecule has 0 radical (unpaired) electrons. The standard InChI is InChI=1S/C32H41N5O5/c1-35(2)14-8-13-33-32(39)27-21-24(34-31(38)23-19-25(40-3)22-26(20-23)41-4)11-12-28(27)36-15-17-37(18-16-36)29-9-6-7-10-30(29)42-5/h6-7,9-12,19-22H,8,13-18H2,1-5H3,(H,33,39)(H,34,38). The fourth-order valence-corrected chi connectivity index (χ4v) is 4.98. The number of anilines is 3. The van der Waals surface area contributed by atoms with Crippen LogP contribution >= 0.6 is 0 Å². The molecule has 0 unspecified atom stereocenters. The topological polar surface area (TPSA) is 95.6 Å². The maximum Gasteiger partial charge on any atom is 0.255 e. The van der Waals surface area contributed by atoms with Gasteiger partial charge >= 0.3 is 0 Å². The Kier molecular flexibility index (Phi) is 10.5. The van der Waals surface area contributed by atoms with Crippen molar-refractivity contribution in [2.24, 2.45) is 0 Å². The molecule has 0 spiro atoms. The van der Waals surface area contributed by atoms with Crippen LogP contribution < -0.4 is 34.6 Å². The second kappa shape index (κ2) is 14.5. The Hall–Kier alpha value is -4.44. The summed E-state index contributed by atoms with van der Waals surface area (Å²) in [6.07, 6.45) is 0.833. The highest BCUT2D eigenvalue weighted by molar-refractivity contribution is 6.06. The molecular weight excluding hydrogens is 534 g/mol. The van der Waals surface area contributed by atoms with Crippen LogP contribution in [0.2, 0.25) is 0 Å². The van der Waals surface area contributed by atoms with Gasteiger partial charge in [-0.15, -0.1) is 0 Å². The number of carbonyl (C=O) groups is 2. The van der Waals surface area contributed by atoms with Crippen molar-refractivity contribution in [2.75, 3.05) is 89.8 Å². The summed E-state index contributed by atoms with van der Waals surface area (Å²) >= 11 is 0. The van der Waals surface area contributed by atoms with Gasteiger partial charge in [-0.2, -0.15) is 0 Å². The van der Waals surface area contributed by atoms with E-state index < -0.39 is 0 Å². The summed E-state index contributed by atoms with van der Waals surface area (Å²) < 4.78 is 16.2. The van der Waals surface area contributed by atoms with Gasteiger partial charge in [-0.1, -0.05) is 12.1 Å². The second-order valence-corrected chi connectivity index (χ2v) is 10.3. The molecule has 0 aliphatic carbocycles. The molecule has 1 aliphatic rings. The molecule has 3 aromatic carbocycles. The zero-order valence-corrected chi connectivity index (χ0v) is 25.1. The van der Waals surface area contributed by atoms with Crippen LogP contribution in [0.15, 0.2) is 60.7 Å². The minimum Gasteiger partial charge on any atom is -0.497 e. The number of piperazine rings is 1. The lowest BCUT2D eigenvalue weighted by atomic mass is 10.1. The van der Waals surface area contributed by atoms with Crippen LogP contribution in [0.4, 0.5) is 17.1 Å². The lowest BCUT2D eigenvalue weighted by molar-refractivity contribution is 0.0951. The molecule has 10 nitrogen and oxygen atoms in total. The van der Waals surface area contributed by atoms with E-state index in [1.165, 1.54) is 14.2 Å². The normalized spacial score (nSPS) is 13.1. The number of para-hydroxylation sites is 2. The van der Waals surface area contributed by atoms with Crippen LogP contribution in [0.25, 0.3) is 0 Å². The number of methoxy groups -OCH3 is 3. The number of amides is 2. The minimum atomic E-state index is -0.331. The summed E-state index contributed by atoms with van der Waals surface area (Å²) in [5, 5.41) is 5.99. The molecule has 1 saturated heterocycles. The SMILES string of the molecule is COc1cc(OC)cc(C(=O)Nc2ccc(N3CCN(c4ccccc4OC)CC3)c(C(=O)NCCCN(C)C)c2)c1. The highest BCUT2D eigenvalue weighted by Gasteiger charge is 2.24. The molecule has 42 heavy (non-hydrogen) atoms. The van der Waals surface area contributed by atoms with Crippen molar-refractivity contribution in [1.29, 1.82) is 0 Å². The quantitative estimate of drug-likeness (QED) is 0.314. The van der Waals surface area contributed by atoms with Gasteiger partial charge in [-0.05, 0) is 69.5 Å². The smallest absolute Gasteiger partial charge is 0.255 e. The van der Waals surface area contributed by atoms with Crippen molar-refractivity contribution in [3.05, 3.63) is 71.8 Å². The van der Waals surface area contributed by atoms with Gasteiger partial charge in [0.2, 0.25) is 0 Å². The van der Waals surface area contributed by atoms with Crippen molar-refractivity contribution in [3.63, 3.8) is 0 Å². The van der Waals surface area contributed by atoms with Gasteiger partial charge in [0.1, 0.15) is 17.2 Å². The zero-order valence-electron chi connectivity index (χ0n) is 25.1. The molecule has 0 aromatic heterocycles. The molecule has 3 aromatic rings. The summed E-state index contributed by atoms with van der Waals surface area (Å²) in [6.45, 7) is 4.44. The number of hydrogen-bond donors (Lipinski definition) is 2. The van der Waals surface area contributed by atoms with Gasteiger partial charge in [-0.3, -0.25) is 9.59 Å². The van der Waals surface area contributed by atoms with Crippen molar-refractivity contribution < 1.29 is 23.8 Å². The Labute approximate surface area is 248 Å². The number of nitrogens with one attached hydrogen (secondary N) is 2. The minimum absolute atomic E-state index is 0.171. The van der Waals surface area contributed by atoms with E-state index in [9.17, 15) is 9.59 Å². The molecule has 10 heteroatoms. The van der Waals surface area contributed by atoms with Gasteiger partial charge in [-0.25, -0.2) is 0 Å². The predicted octanol–water partition coefficient (Wildman–Crippen LogP) is 3.97. The third kappa shape index (κ3) is 7.64. The van der Waals surface area contributed by atoms with E-state index in [-0.39, 0.29) is 11.8 Å². The van der Waals surface area contributed by atoms with Crippen molar-refractivity contribution in [1.82, 2.24) is 10.2 Å². The number of ether oxygens (including phenoxy) is 3. The molecule has 224 valence electrons. The van der Waals surface area contributed by atoms with Crippen LogP contribution in [0.5, 0.6) is 17.2 Å². The third-order valence-electron chi connectivity index (χ3n) is 7.23. The Bertz CT molecular complexity index is 1350. The summed E-state index contributed by atoms with van der Waals surface area (Å²) in [5.74, 6) is 1.37. The van der Waals surface area contributed by atoms with Crippen LogP contribution in [-0.4, -0.2) is 91.4 Å². The molecule has 0 atom stereocenters. The largest absolute Gasteiger partial charge is 0.497 e. The fraction of sp³-hybridized carbons (Fsp3) is 0.375. The molecule has 1 aliphatic heterocycles. The first-order valence-electron chi connectivity index (χ1n) is 14.1. The first-order valence-corrected chi connectivity index (χ1v) is 14.1. The summed E-state index contributed by atoms with van der Waals surface area (Å²) in [4.78, 5) is 33.2.